The molecule has 2 heterocycles. The summed E-state index contributed by atoms with van der Waals surface area (Å²) in [5.74, 6) is -0.0998. The van der Waals surface area contributed by atoms with Crippen molar-refractivity contribution in [3.63, 3.8) is 0 Å². The molecule has 0 aliphatic carbocycles. The summed E-state index contributed by atoms with van der Waals surface area (Å²) >= 11 is 5.97. The molecule has 154 valence electrons. The Morgan fingerprint density at radius 1 is 0.935 bits per heavy atom. The number of hydrogen-bond acceptors (Lipinski definition) is 3. The molecule has 0 saturated heterocycles. The van der Waals surface area contributed by atoms with E-state index in [-0.39, 0.29) is 18.1 Å². The topological polar surface area (TPSA) is 65.0 Å². The van der Waals surface area contributed by atoms with E-state index in [1.165, 1.54) is 15.3 Å². The molecular formula is C24H19ClN4O2. The highest BCUT2D eigenvalue weighted by Crippen LogP contribution is 2.23. The molecule has 3 aromatic carbocycles. The number of halogens is 1. The number of aromatic nitrogens is 4. The van der Waals surface area contributed by atoms with Crippen LogP contribution in [-0.4, -0.2) is 23.8 Å². The number of aromatic hydroxyl groups is 1. The standard InChI is InChI=1S/C24H19ClN4O2/c25-19-10-8-17(9-11-19)13-27-16-26-12-20(27)14-29-23(30)15-28(24(29)31)22-7-3-5-18-4-1-2-6-21(18)22/h1-12,15-16,30H,13-14H2. The number of fused-ring (bicyclic) bond motifs is 1. The van der Waals surface area contributed by atoms with Crippen molar-refractivity contribution in [2.24, 2.45) is 0 Å². The third-order valence-corrected chi connectivity index (χ3v) is 5.62. The first-order valence-corrected chi connectivity index (χ1v) is 10.2. The van der Waals surface area contributed by atoms with E-state index in [0.29, 0.717) is 11.6 Å². The van der Waals surface area contributed by atoms with Gasteiger partial charge >= 0.3 is 5.69 Å². The van der Waals surface area contributed by atoms with Crippen molar-refractivity contribution in [2.45, 2.75) is 13.1 Å². The van der Waals surface area contributed by atoms with Gasteiger partial charge in [0, 0.05) is 23.2 Å². The molecular weight excluding hydrogens is 412 g/mol. The Bertz CT molecular complexity index is 1430. The minimum atomic E-state index is -0.312. The Kier molecular flexibility index (Phi) is 4.84. The molecule has 2 aromatic heterocycles. The molecule has 31 heavy (non-hydrogen) atoms. The summed E-state index contributed by atoms with van der Waals surface area (Å²) in [6.07, 6.45) is 4.88. The maximum Gasteiger partial charge on any atom is 0.336 e. The fourth-order valence-electron chi connectivity index (χ4n) is 3.78. The molecule has 0 fully saturated rings. The van der Waals surface area contributed by atoms with Crippen LogP contribution >= 0.6 is 11.6 Å². The highest BCUT2D eigenvalue weighted by Gasteiger charge is 2.15. The van der Waals surface area contributed by atoms with E-state index in [4.69, 9.17) is 11.6 Å². The molecule has 5 rings (SSSR count). The Morgan fingerprint density at radius 3 is 2.55 bits per heavy atom. The second-order valence-electron chi connectivity index (χ2n) is 7.36. The van der Waals surface area contributed by atoms with Crippen LogP contribution in [0.2, 0.25) is 5.02 Å². The Morgan fingerprint density at radius 2 is 1.71 bits per heavy atom. The summed E-state index contributed by atoms with van der Waals surface area (Å²) in [4.78, 5) is 17.4. The molecule has 7 heteroatoms. The Balaban J connectivity index is 1.50. The predicted octanol–water partition coefficient (Wildman–Crippen LogP) is 4.44. The van der Waals surface area contributed by atoms with E-state index in [0.717, 1.165) is 27.7 Å². The second-order valence-corrected chi connectivity index (χ2v) is 7.80. The predicted molar refractivity (Wildman–Crippen MR) is 121 cm³/mol. The fraction of sp³-hybridized carbons (Fsp3) is 0.0833. The van der Waals surface area contributed by atoms with Crippen LogP contribution in [-0.2, 0) is 13.1 Å². The molecule has 0 spiro atoms. The lowest BCUT2D eigenvalue weighted by Gasteiger charge is -2.09. The monoisotopic (exact) mass is 430 g/mol. The molecule has 0 aliphatic rings. The maximum atomic E-state index is 13.2. The van der Waals surface area contributed by atoms with Crippen molar-refractivity contribution < 1.29 is 5.11 Å². The van der Waals surface area contributed by atoms with Gasteiger partial charge in [-0.15, -0.1) is 0 Å². The van der Waals surface area contributed by atoms with Crippen molar-refractivity contribution >= 4 is 22.4 Å². The van der Waals surface area contributed by atoms with E-state index >= 15 is 0 Å². The van der Waals surface area contributed by atoms with Crippen LogP contribution in [0.4, 0.5) is 0 Å². The lowest BCUT2D eigenvalue weighted by Crippen LogP contribution is -2.24. The number of hydrogen-bond donors (Lipinski definition) is 1. The minimum absolute atomic E-state index is 0.0998. The smallest absolute Gasteiger partial charge is 0.336 e. The largest absolute Gasteiger partial charge is 0.493 e. The van der Waals surface area contributed by atoms with Gasteiger partial charge in [-0.1, -0.05) is 60.1 Å². The quantitative estimate of drug-likeness (QED) is 0.448. The van der Waals surface area contributed by atoms with Crippen LogP contribution in [0, 0.1) is 0 Å². The Labute approximate surface area is 183 Å². The van der Waals surface area contributed by atoms with E-state index < -0.39 is 0 Å². The molecule has 6 nitrogen and oxygen atoms in total. The summed E-state index contributed by atoms with van der Waals surface area (Å²) in [5, 5.41) is 13.2. The van der Waals surface area contributed by atoms with Crippen LogP contribution in [0.15, 0.2) is 90.2 Å². The highest BCUT2D eigenvalue weighted by molar-refractivity contribution is 6.30. The summed E-state index contributed by atoms with van der Waals surface area (Å²) in [7, 11) is 0. The summed E-state index contributed by atoms with van der Waals surface area (Å²) < 4.78 is 4.78. The van der Waals surface area contributed by atoms with Crippen molar-refractivity contribution in [1.82, 2.24) is 18.7 Å². The van der Waals surface area contributed by atoms with Crippen LogP contribution < -0.4 is 5.69 Å². The maximum absolute atomic E-state index is 13.2. The molecule has 0 aliphatic heterocycles. The third kappa shape index (κ3) is 3.62. The van der Waals surface area contributed by atoms with Crippen molar-refractivity contribution in [3.8, 4) is 11.6 Å². The number of nitrogens with zero attached hydrogens (tertiary/aromatic N) is 4. The summed E-state index contributed by atoms with van der Waals surface area (Å²) in [6, 6.07) is 21.2. The van der Waals surface area contributed by atoms with E-state index in [9.17, 15) is 9.90 Å². The zero-order chi connectivity index (χ0) is 21.4. The van der Waals surface area contributed by atoms with E-state index in [1.54, 1.807) is 12.5 Å². The number of benzene rings is 3. The van der Waals surface area contributed by atoms with Gasteiger partial charge in [0.15, 0.2) is 0 Å². The van der Waals surface area contributed by atoms with Gasteiger partial charge in [0.25, 0.3) is 0 Å². The second kappa shape index (κ2) is 7.81. The molecule has 0 radical (unpaired) electrons. The summed E-state index contributed by atoms with van der Waals surface area (Å²) in [6.45, 7) is 0.794. The number of imidazole rings is 2. The lowest BCUT2D eigenvalue weighted by molar-refractivity contribution is 0.419. The van der Waals surface area contributed by atoms with Crippen molar-refractivity contribution in [3.05, 3.63) is 112 Å². The first kappa shape index (κ1) is 19.2. The lowest BCUT2D eigenvalue weighted by atomic mass is 10.1. The van der Waals surface area contributed by atoms with Gasteiger partial charge < -0.3 is 9.67 Å². The average molecular weight is 431 g/mol. The highest BCUT2D eigenvalue weighted by atomic mass is 35.5. The minimum Gasteiger partial charge on any atom is -0.493 e. The van der Waals surface area contributed by atoms with Crippen LogP contribution in [0.25, 0.3) is 16.5 Å². The van der Waals surface area contributed by atoms with Gasteiger partial charge in [-0.05, 0) is 29.1 Å². The fourth-order valence-corrected chi connectivity index (χ4v) is 3.90. The van der Waals surface area contributed by atoms with Crippen LogP contribution in [0.1, 0.15) is 11.3 Å². The van der Waals surface area contributed by atoms with Crippen molar-refractivity contribution in [1.29, 1.82) is 0 Å². The average Bonchev–Trinajstić information content (AvgIpc) is 3.34. The first-order valence-electron chi connectivity index (χ1n) is 9.83. The molecule has 1 N–H and O–H groups in total. The first-order chi connectivity index (χ1) is 15.1. The molecule has 5 aromatic rings. The molecule has 0 atom stereocenters. The molecule has 0 amide bonds. The van der Waals surface area contributed by atoms with Gasteiger partial charge in [-0.3, -0.25) is 9.13 Å². The third-order valence-electron chi connectivity index (χ3n) is 5.37. The summed E-state index contributed by atoms with van der Waals surface area (Å²) in [5.41, 5.74) is 2.29. The van der Waals surface area contributed by atoms with Crippen molar-refractivity contribution in [2.75, 3.05) is 0 Å². The zero-order valence-corrected chi connectivity index (χ0v) is 17.3. The van der Waals surface area contributed by atoms with E-state index in [1.807, 2.05) is 71.3 Å². The van der Waals surface area contributed by atoms with Gasteiger partial charge in [-0.25, -0.2) is 9.78 Å². The van der Waals surface area contributed by atoms with Gasteiger partial charge in [0.1, 0.15) is 0 Å². The Hall–Kier alpha value is -3.77. The van der Waals surface area contributed by atoms with Gasteiger partial charge in [-0.2, -0.15) is 0 Å². The van der Waals surface area contributed by atoms with E-state index in [2.05, 4.69) is 4.98 Å². The van der Waals surface area contributed by atoms with Crippen LogP contribution in [0.3, 0.4) is 0 Å². The SMILES string of the molecule is O=c1n(-c2cccc3ccccc23)cc(O)n1Cc1cncn1Cc1ccc(Cl)cc1. The molecule has 0 unspecified atom stereocenters. The normalized spacial score (nSPS) is 11.3. The van der Waals surface area contributed by atoms with Gasteiger partial charge in [0.2, 0.25) is 5.88 Å². The van der Waals surface area contributed by atoms with Crippen LogP contribution in [0.5, 0.6) is 5.88 Å². The zero-order valence-electron chi connectivity index (χ0n) is 16.5. The molecule has 0 saturated carbocycles. The van der Waals surface area contributed by atoms with Gasteiger partial charge in [0.05, 0.1) is 30.5 Å². The molecule has 0 bridgehead atoms. The number of rotatable bonds is 5.